The zero-order valence-corrected chi connectivity index (χ0v) is 32.5. The van der Waals surface area contributed by atoms with Crippen molar-refractivity contribution in [2.75, 3.05) is 4.90 Å². The lowest BCUT2D eigenvalue weighted by Gasteiger charge is -2.35. The average Bonchev–Trinajstić information content (AvgIpc) is 3.69. The number of furan rings is 1. The maximum absolute atomic E-state index is 6.72. The monoisotopic (exact) mass is 764 g/mol. The fourth-order valence-electron chi connectivity index (χ4n) is 9.19. The lowest BCUT2D eigenvalue weighted by molar-refractivity contribution is 0.669. The molecular formula is C51H25B5N4O. The fourth-order valence-corrected chi connectivity index (χ4v) is 9.19. The summed E-state index contributed by atoms with van der Waals surface area (Å²) < 4.78 is 6.51. The number of hydrogen-bond donors (Lipinski definition) is 0. The number of rotatable bonds is 4. The van der Waals surface area contributed by atoms with Crippen LogP contribution in [0.25, 0.3) is 99.5 Å². The van der Waals surface area contributed by atoms with Crippen molar-refractivity contribution in [3.63, 3.8) is 0 Å². The van der Waals surface area contributed by atoms with Crippen molar-refractivity contribution in [3.05, 3.63) is 152 Å². The number of nitrogens with zero attached hydrogens (tertiary/aromatic N) is 4. The van der Waals surface area contributed by atoms with Crippen LogP contribution in [0.3, 0.4) is 0 Å². The molecule has 0 N–H and O–H groups in total. The van der Waals surface area contributed by atoms with Crippen LogP contribution in [0.2, 0.25) is 0 Å². The van der Waals surface area contributed by atoms with Crippen molar-refractivity contribution < 1.29 is 4.42 Å². The molecule has 0 saturated carbocycles. The zero-order chi connectivity index (χ0) is 41.1. The number of hydrogen-bond acceptors (Lipinski definition) is 5. The predicted molar refractivity (Wildman–Crippen MR) is 257 cm³/mol. The highest BCUT2D eigenvalue weighted by atomic mass is 16.3. The molecule has 0 amide bonds. The maximum Gasteiger partial charge on any atom is 0.167 e. The highest BCUT2D eigenvalue weighted by Crippen LogP contribution is 2.54. The maximum atomic E-state index is 6.72. The molecule has 5 nitrogen and oxygen atoms in total. The first-order chi connectivity index (χ1) is 29.8. The normalized spacial score (nSPS) is 12.2. The minimum atomic E-state index is 0.0995. The quantitative estimate of drug-likeness (QED) is 0.173. The van der Waals surface area contributed by atoms with E-state index in [4.69, 9.17) is 58.6 Å². The van der Waals surface area contributed by atoms with Crippen LogP contribution < -0.4 is 32.2 Å². The lowest BCUT2D eigenvalue weighted by Crippen LogP contribution is -2.55. The first kappa shape index (κ1) is 35.6. The molecule has 0 bridgehead atoms. The van der Waals surface area contributed by atoms with E-state index >= 15 is 0 Å². The van der Waals surface area contributed by atoms with Crippen molar-refractivity contribution in [3.8, 4) is 45.3 Å². The Hall–Kier alpha value is -7.31. The van der Waals surface area contributed by atoms with Crippen LogP contribution in [0.1, 0.15) is 0 Å². The lowest BCUT2D eigenvalue weighted by atomic mass is 9.60. The van der Waals surface area contributed by atoms with Crippen molar-refractivity contribution >= 4 is 138 Å². The van der Waals surface area contributed by atoms with Gasteiger partial charge in [-0.15, -0.1) is 16.4 Å². The summed E-state index contributed by atoms with van der Waals surface area (Å²) in [6.07, 6.45) is 0. The Labute approximate surface area is 357 Å². The molecule has 0 unspecified atom stereocenters. The van der Waals surface area contributed by atoms with E-state index in [1.54, 1.807) is 0 Å². The van der Waals surface area contributed by atoms with Crippen LogP contribution in [-0.4, -0.2) is 54.2 Å². The van der Waals surface area contributed by atoms with Gasteiger partial charge >= 0.3 is 0 Å². The SMILES string of the molecule is [B]c1c([B])c([B])c(-c2nc(-c3cc(N4c5c(ccc6ccccc56)-c5cccc6cccc4c56)cc4ccccc34)nc(-c3cccc4c3oc3ccccc34)n2)c([B])c1[B]. The summed E-state index contributed by atoms with van der Waals surface area (Å²) in [4.78, 5) is 17.9. The number of fused-ring (bicyclic) bond motifs is 8. The minimum absolute atomic E-state index is 0.0995. The van der Waals surface area contributed by atoms with Gasteiger partial charge in [-0.1, -0.05) is 132 Å². The molecule has 270 valence electrons. The van der Waals surface area contributed by atoms with Crippen LogP contribution in [-0.2, 0) is 0 Å². The standard InChI is InChI=1S/C51H25B5N4O/c52-42-41(43(53)45(55)46(56)44(42)54)51-58-49(36-19-9-18-35-32-16-5-6-21-39(32)61-48(35)36)57-50(59-51)37-25-29(24-28-11-2-3-14-30(28)37)60-38-20-8-13-27-12-7-17-33(40(27)38)34-23-22-26-10-1-4-15-31(26)47(34)60/h1-25H. The molecule has 10 radical (unpaired) electrons. The molecular weight excluding hydrogens is 739 g/mol. The number of aromatic nitrogens is 3. The Kier molecular flexibility index (Phi) is 7.80. The Balaban J connectivity index is 1.18. The molecule has 0 spiro atoms. The third-order valence-corrected chi connectivity index (χ3v) is 12.1. The van der Waals surface area contributed by atoms with E-state index in [1.165, 1.54) is 10.9 Å². The van der Waals surface area contributed by atoms with Gasteiger partial charge in [-0.3, -0.25) is 0 Å². The molecule has 9 aromatic carbocycles. The van der Waals surface area contributed by atoms with Gasteiger partial charge in [0.15, 0.2) is 17.5 Å². The fraction of sp³-hybridized carbons (Fsp3) is 0. The van der Waals surface area contributed by atoms with Crippen LogP contribution in [0.4, 0.5) is 17.1 Å². The van der Waals surface area contributed by atoms with Crippen molar-refractivity contribution in [2.45, 2.75) is 0 Å². The molecule has 0 saturated heterocycles. The van der Waals surface area contributed by atoms with Crippen LogP contribution in [0, 0.1) is 0 Å². The second-order valence-electron chi connectivity index (χ2n) is 15.4. The summed E-state index contributed by atoms with van der Waals surface area (Å²) in [5.74, 6) is 0.914. The Morgan fingerprint density at radius 1 is 0.410 bits per heavy atom. The van der Waals surface area contributed by atoms with Crippen molar-refractivity contribution in [1.82, 2.24) is 15.0 Å². The number of benzene rings is 9. The summed E-state index contributed by atoms with van der Waals surface area (Å²) in [6.45, 7) is 0. The number of para-hydroxylation sites is 2. The number of anilines is 3. The summed E-state index contributed by atoms with van der Waals surface area (Å²) >= 11 is 0. The van der Waals surface area contributed by atoms with Gasteiger partial charge in [0, 0.05) is 43.9 Å². The molecule has 0 atom stereocenters. The Morgan fingerprint density at radius 2 is 1.00 bits per heavy atom. The molecule has 1 aliphatic heterocycles. The molecule has 3 heterocycles. The van der Waals surface area contributed by atoms with Gasteiger partial charge in [0.25, 0.3) is 0 Å². The second-order valence-corrected chi connectivity index (χ2v) is 15.4. The van der Waals surface area contributed by atoms with Crippen LogP contribution in [0.15, 0.2) is 156 Å². The van der Waals surface area contributed by atoms with Gasteiger partial charge in [0.2, 0.25) is 0 Å². The molecule has 0 aliphatic carbocycles. The van der Waals surface area contributed by atoms with E-state index in [1.807, 2.05) is 54.6 Å². The summed E-state index contributed by atoms with van der Waals surface area (Å²) in [7, 11) is 32.6. The van der Waals surface area contributed by atoms with Crippen LogP contribution >= 0.6 is 0 Å². The largest absolute Gasteiger partial charge is 0.455 e. The van der Waals surface area contributed by atoms with Gasteiger partial charge in [0.1, 0.15) is 50.4 Å². The van der Waals surface area contributed by atoms with Crippen molar-refractivity contribution in [1.29, 1.82) is 0 Å². The van der Waals surface area contributed by atoms with E-state index < -0.39 is 0 Å². The first-order valence-corrected chi connectivity index (χ1v) is 19.9. The summed E-state index contributed by atoms with van der Waals surface area (Å²) in [5.41, 5.74) is 9.03. The van der Waals surface area contributed by atoms with Crippen molar-refractivity contribution in [2.24, 2.45) is 0 Å². The second kappa shape index (κ2) is 13.4. The van der Waals surface area contributed by atoms with Gasteiger partial charge in [-0.05, 0) is 57.4 Å². The third-order valence-electron chi connectivity index (χ3n) is 12.1. The highest BCUT2D eigenvalue weighted by molar-refractivity contribution is 6.68. The van der Waals surface area contributed by atoms with Gasteiger partial charge in [-0.2, -0.15) is 0 Å². The van der Waals surface area contributed by atoms with Gasteiger partial charge < -0.3 is 9.32 Å². The van der Waals surface area contributed by atoms with E-state index in [0.29, 0.717) is 22.8 Å². The zero-order valence-electron chi connectivity index (χ0n) is 32.5. The topological polar surface area (TPSA) is 55.1 Å². The van der Waals surface area contributed by atoms with E-state index in [9.17, 15) is 0 Å². The third kappa shape index (κ3) is 5.24. The minimum Gasteiger partial charge on any atom is -0.455 e. The summed E-state index contributed by atoms with van der Waals surface area (Å²) in [5, 5.41) is 8.43. The Bertz CT molecular complexity index is 3660. The molecule has 61 heavy (non-hydrogen) atoms. The van der Waals surface area contributed by atoms with Crippen LogP contribution in [0.5, 0.6) is 0 Å². The smallest absolute Gasteiger partial charge is 0.167 e. The molecule has 10 heteroatoms. The summed E-state index contributed by atoms with van der Waals surface area (Å²) in [6, 6.07) is 52.5. The molecule has 11 aromatic rings. The predicted octanol–water partition coefficient (Wildman–Crippen LogP) is 7.65. The molecule has 0 fully saturated rings. The van der Waals surface area contributed by atoms with E-state index in [0.717, 1.165) is 71.5 Å². The highest BCUT2D eigenvalue weighted by Gasteiger charge is 2.29. The molecule has 12 rings (SSSR count). The van der Waals surface area contributed by atoms with Gasteiger partial charge in [-0.25, -0.2) is 15.0 Å². The van der Waals surface area contributed by atoms with E-state index in [-0.39, 0.29) is 38.7 Å². The molecule has 2 aromatic heterocycles. The Morgan fingerprint density at radius 3 is 1.80 bits per heavy atom. The molecule has 1 aliphatic rings. The van der Waals surface area contributed by atoms with E-state index in [2.05, 4.69) is 102 Å². The van der Waals surface area contributed by atoms with Gasteiger partial charge in [0.05, 0.1) is 16.9 Å². The first-order valence-electron chi connectivity index (χ1n) is 19.9. The average molecular weight is 764 g/mol.